The molecule has 32 heavy (non-hydrogen) atoms. The van der Waals surface area contributed by atoms with Crippen LogP contribution in [-0.4, -0.2) is 41.9 Å². The van der Waals surface area contributed by atoms with Gasteiger partial charge in [0.1, 0.15) is 0 Å². The monoisotopic (exact) mass is 451 g/mol. The predicted molar refractivity (Wildman–Crippen MR) is 123 cm³/mol. The van der Waals surface area contributed by atoms with E-state index in [4.69, 9.17) is 0 Å². The van der Waals surface area contributed by atoms with Crippen LogP contribution in [0.5, 0.6) is 0 Å². The molecule has 1 heterocycles. The van der Waals surface area contributed by atoms with Gasteiger partial charge >= 0.3 is 6.18 Å². The molecule has 3 aliphatic carbocycles. The Kier molecular flexibility index (Phi) is 7.26. The molecule has 180 valence electrons. The van der Waals surface area contributed by atoms with Crippen LogP contribution in [0.3, 0.4) is 0 Å². The number of hydrogen-bond acceptors (Lipinski definition) is 2. The fourth-order valence-corrected chi connectivity index (χ4v) is 7.08. The summed E-state index contributed by atoms with van der Waals surface area (Å²) in [7, 11) is 0. The lowest BCUT2D eigenvalue weighted by Crippen LogP contribution is -2.41. The van der Waals surface area contributed by atoms with Crippen LogP contribution in [0, 0.1) is 23.2 Å². The van der Waals surface area contributed by atoms with Crippen molar-refractivity contribution in [3.8, 4) is 0 Å². The quantitative estimate of drug-likeness (QED) is 0.507. The Morgan fingerprint density at radius 2 is 1.81 bits per heavy atom. The summed E-state index contributed by atoms with van der Waals surface area (Å²) in [5.74, 6) is 0.181. The topological polar surface area (TPSA) is 23.5 Å². The Morgan fingerprint density at radius 3 is 2.53 bits per heavy atom. The minimum absolute atomic E-state index is 0.260. The maximum absolute atomic E-state index is 12.9. The lowest BCUT2D eigenvalue weighted by molar-refractivity contribution is -0.185. The van der Waals surface area contributed by atoms with E-state index in [9.17, 15) is 18.3 Å². The molecule has 0 amide bonds. The van der Waals surface area contributed by atoms with Crippen molar-refractivity contribution < 1.29 is 18.3 Å². The summed E-state index contributed by atoms with van der Waals surface area (Å²) in [5.41, 5.74) is 3.98. The molecule has 4 unspecified atom stereocenters. The van der Waals surface area contributed by atoms with Crippen molar-refractivity contribution in [2.45, 2.75) is 89.8 Å². The van der Waals surface area contributed by atoms with Crippen LogP contribution >= 0.6 is 0 Å². The smallest absolute Gasteiger partial charge is 0.388 e. The zero-order chi connectivity index (χ0) is 22.9. The maximum atomic E-state index is 12.9. The van der Waals surface area contributed by atoms with E-state index >= 15 is 0 Å². The molecule has 0 spiro atoms. The Bertz CT molecular complexity index is 746. The standard InChI is InChI=1S/C27H40F3NO/c1-19-20(5-3-7-25(19)32)8-9-21-6-4-15-26(2)22(10-11-24(21)26)12-16-31-17-13-23(14-18-31)27(28,29)30/h8-9,22-25,32H,1,3-7,10-18H2,2H3/b20-8-,21-9+. The second-order valence-corrected chi connectivity index (χ2v) is 11.0. The molecule has 1 N–H and O–H groups in total. The normalized spacial score (nSPS) is 37.9. The first kappa shape index (κ1) is 24.1. The molecule has 1 saturated heterocycles. The summed E-state index contributed by atoms with van der Waals surface area (Å²) in [5, 5.41) is 10.1. The number of piperidine rings is 1. The minimum atomic E-state index is -4.03. The summed E-state index contributed by atoms with van der Waals surface area (Å²) < 4.78 is 38.8. The second kappa shape index (κ2) is 9.66. The lowest BCUT2D eigenvalue weighted by Gasteiger charge is -2.43. The molecule has 0 aromatic heterocycles. The molecule has 4 aliphatic rings. The fraction of sp³-hybridized carbons (Fsp3) is 0.778. The van der Waals surface area contributed by atoms with Crippen LogP contribution in [0.25, 0.3) is 0 Å². The van der Waals surface area contributed by atoms with E-state index in [1.54, 1.807) is 5.57 Å². The van der Waals surface area contributed by atoms with Crippen molar-refractivity contribution in [2.75, 3.05) is 19.6 Å². The number of nitrogens with zero attached hydrogens (tertiary/aromatic N) is 1. The summed E-state index contributed by atoms with van der Waals surface area (Å²) in [6, 6.07) is 0. The number of likely N-dealkylation sites (tertiary alicyclic amines) is 1. The van der Waals surface area contributed by atoms with Crippen molar-refractivity contribution in [1.29, 1.82) is 0 Å². The molecule has 4 rings (SSSR count). The number of alkyl halides is 3. The van der Waals surface area contributed by atoms with E-state index < -0.39 is 12.1 Å². The number of hydrogen-bond donors (Lipinski definition) is 1. The highest BCUT2D eigenvalue weighted by molar-refractivity contribution is 5.37. The van der Waals surface area contributed by atoms with Crippen molar-refractivity contribution in [2.24, 2.45) is 23.2 Å². The van der Waals surface area contributed by atoms with Gasteiger partial charge in [-0.05, 0) is 119 Å². The highest BCUT2D eigenvalue weighted by Gasteiger charge is 2.49. The average molecular weight is 452 g/mol. The molecule has 2 nitrogen and oxygen atoms in total. The van der Waals surface area contributed by atoms with E-state index in [1.807, 2.05) is 0 Å². The molecule has 0 aromatic rings. The molecule has 0 bridgehead atoms. The highest BCUT2D eigenvalue weighted by atomic mass is 19.4. The highest BCUT2D eigenvalue weighted by Crippen LogP contribution is 2.58. The number of aliphatic hydroxyl groups excluding tert-OH is 1. The summed E-state index contributed by atoms with van der Waals surface area (Å²) >= 11 is 0. The number of halogens is 3. The zero-order valence-electron chi connectivity index (χ0n) is 19.6. The molecule has 4 atom stereocenters. The Labute approximate surface area is 191 Å². The molecule has 0 radical (unpaired) electrons. The summed E-state index contributed by atoms with van der Waals surface area (Å²) in [4.78, 5) is 2.27. The number of fused-ring (bicyclic) bond motifs is 1. The maximum Gasteiger partial charge on any atom is 0.391 e. The van der Waals surface area contributed by atoms with Gasteiger partial charge in [-0.15, -0.1) is 0 Å². The Hall–Kier alpha value is -1.07. The van der Waals surface area contributed by atoms with Gasteiger partial charge in [-0.3, -0.25) is 0 Å². The average Bonchev–Trinajstić information content (AvgIpc) is 3.09. The van der Waals surface area contributed by atoms with Gasteiger partial charge < -0.3 is 10.0 Å². The minimum Gasteiger partial charge on any atom is -0.388 e. The largest absolute Gasteiger partial charge is 0.391 e. The van der Waals surface area contributed by atoms with Crippen molar-refractivity contribution in [3.05, 3.63) is 35.5 Å². The van der Waals surface area contributed by atoms with E-state index in [2.05, 4.69) is 30.6 Å². The molecule has 3 saturated carbocycles. The van der Waals surface area contributed by atoms with E-state index in [-0.39, 0.29) is 18.9 Å². The first-order chi connectivity index (χ1) is 15.2. The predicted octanol–water partition coefficient (Wildman–Crippen LogP) is 6.82. The number of allylic oxidation sites excluding steroid dienone is 3. The Morgan fingerprint density at radius 1 is 1.06 bits per heavy atom. The van der Waals surface area contributed by atoms with Gasteiger partial charge in [0.2, 0.25) is 0 Å². The number of aliphatic hydroxyl groups is 1. The van der Waals surface area contributed by atoms with E-state index in [0.29, 0.717) is 30.3 Å². The van der Waals surface area contributed by atoms with Crippen molar-refractivity contribution >= 4 is 0 Å². The van der Waals surface area contributed by atoms with Crippen LogP contribution in [-0.2, 0) is 0 Å². The van der Waals surface area contributed by atoms with Gasteiger partial charge in [0.25, 0.3) is 0 Å². The molecular formula is C27H40F3NO. The van der Waals surface area contributed by atoms with Crippen molar-refractivity contribution in [3.63, 3.8) is 0 Å². The van der Waals surface area contributed by atoms with Crippen LogP contribution in [0.1, 0.15) is 77.6 Å². The fourth-order valence-electron chi connectivity index (χ4n) is 7.08. The van der Waals surface area contributed by atoms with Crippen LogP contribution in [0.4, 0.5) is 13.2 Å². The molecule has 1 aliphatic heterocycles. The SMILES string of the molecule is C=C1/C(=C\C=C2/CCCC3(C)C(CCN4CCC(C(F)(F)F)CC4)CCC23)CCCC1O. The van der Waals surface area contributed by atoms with Gasteiger partial charge in [-0.25, -0.2) is 0 Å². The number of rotatable bonds is 4. The molecule has 5 heteroatoms. The lowest BCUT2D eigenvalue weighted by atomic mass is 9.63. The van der Waals surface area contributed by atoms with Crippen LogP contribution in [0.2, 0.25) is 0 Å². The van der Waals surface area contributed by atoms with Gasteiger partial charge in [-0.1, -0.05) is 31.2 Å². The van der Waals surface area contributed by atoms with Gasteiger partial charge in [0.15, 0.2) is 0 Å². The summed E-state index contributed by atoms with van der Waals surface area (Å²) in [6.07, 6.45) is 10.8. The van der Waals surface area contributed by atoms with Gasteiger partial charge in [-0.2, -0.15) is 13.2 Å². The third-order valence-electron chi connectivity index (χ3n) is 9.24. The first-order valence-corrected chi connectivity index (χ1v) is 12.7. The first-order valence-electron chi connectivity index (χ1n) is 12.7. The van der Waals surface area contributed by atoms with E-state index in [1.165, 1.54) is 31.3 Å². The van der Waals surface area contributed by atoms with Crippen LogP contribution < -0.4 is 0 Å². The molecule has 0 aromatic carbocycles. The second-order valence-electron chi connectivity index (χ2n) is 11.0. The molecular weight excluding hydrogens is 411 g/mol. The van der Waals surface area contributed by atoms with Crippen LogP contribution in [0.15, 0.2) is 35.5 Å². The van der Waals surface area contributed by atoms with E-state index in [0.717, 1.165) is 44.2 Å². The summed E-state index contributed by atoms with van der Waals surface area (Å²) in [6.45, 7) is 8.69. The molecule has 4 fully saturated rings. The Balaban J connectivity index is 1.35. The third-order valence-corrected chi connectivity index (χ3v) is 9.24. The third kappa shape index (κ3) is 5.04. The zero-order valence-corrected chi connectivity index (χ0v) is 19.6. The van der Waals surface area contributed by atoms with Gasteiger partial charge in [0.05, 0.1) is 12.0 Å². The van der Waals surface area contributed by atoms with Crippen molar-refractivity contribution in [1.82, 2.24) is 4.90 Å². The van der Waals surface area contributed by atoms with Gasteiger partial charge in [0, 0.05) is 0 Å².